The van der Waals surface area contributed by atoms with Crippen molar-refractivity contribution in [2.24, 2.45) is 0 Å². The molecule has 0 bridgehead atoms. The van der Waals surface area contributed by atoms with Crippen molar-refractivity contribution < 1.29 is 4.42 Å². The Labute approximate surface area is 127 Å². The maximum Gasteiger partial charge on any atom is 0.105 e. The number of likely N-dealkylation sites (tertiary alicyclic amines) is 1. The number of benzene rings is 1. The number of nitrogens with zero attached hydrogens (tertiary/aromatic N) is 1. The summed E-state index contributed by atoms with van der Waals surface area (Å²) in [5, 5.41) is 3.65. The molecule has 1 aliphatic rings. The minimum absolute atomic E-state index is 0.635. The van der Waals surface area contributed by atoms with Gasteiger partial charge in [0.05, 0.1) is 6.26 Å². The Morgan fingerprint density at radius 2 is 2.00 bits per heavy atom. The Bertz CT molecular complexity index is 509. The Hall–Kier alpha value is -1.58. The van der Waals surface area contributed by atoms with Crippen LogP contribution in [0.1, 0.15) is 17.7 Å². The summed E-state index contributed by atoms with van der Waals surface area (Å²) in [7, 11) is 0. The van der Waals surface area contributed by atoms with Gasteiger partial charge in [0, 0.05) is 32.1 Å². The molecule has 1 aliphatic heterocycles. The lowest BCUT2D eigenvalue weighted by atomic mass is 10.1. The highest BCUT2D eigenvalue weighted by molar-refractivity contribution is 5.14. The molecule has 0 amide bonds. The molecule has 1 aromatic carbocycles. The fourth-order valence-corrected chi connectivity index (χ4v) is 2.99. The van der Waals surface area contributed by atoms with Gasteiger partial charge in [0.15, 0.2) is 0 Å². The van der Waals surface area contributed by atoms with Crippen LogP contribution in [0, 0.1) is 0 Å². The molecule has 1 aromatic heterocycles. The monoisotopic (exact) mass is 284 g/mol. The molecule has 2 aromatic rings. The second kappa shape index (κ2) is 7.43. The van der Waals surface area contributed by atoms with E-state index in [-0.39, 0.29) is 0 Å². The van der Waals surface area contributed by atoms with Crippen LogP contribution in [0.25, 0.3) is 0 Å². The van der Waals surface area contributed by atoms with E-state index in [0.29, 0.717) is 6.04 Å². The standard InChI is InChI=1S/C18H24N2O/c1-2-5-16(6-3-1)9-12-20-13-10-17(15-20)19-11-8-18-7-4-14-21-18/h1-7,14,17,19H,8-13,15H2. The van der Waals surface area contributed by atoms with Gasteiger partial charge in [-0.3, -0.25) is 0 Å². The maximum absolute atomic E-state index is 5.36. The minimum atomic E-state index is 0.635. The van der Waals surface area contributed by atoms with Crippen LogP contribution in [0.5, 0.6) is 0 Å². The number of hydrogen-bond acceptors (Lipinski definition) is 3. The van der Waals surface area contributed by atoms with E-state index in [1.807, 2.05) is 12.1 Å². The summed E-state index contributed by atoms with van der Waals surface area (Å²) in [5.74, 6) is 1.07. The van der Waals surface area contributed by atoms with Crippen LogP contribution in [-0.4, -0.2) is 37.1 Å². The topological polar surface area (TPSA) is 28.4 Å². The zero-order valence-electron chi connectivity index (χ0n) is 12.5. The van der Waals surface area contributed by atoms with Crippen LogP contribution in [-0.2, 0) is 12.8 Å². The molecule has 112 valence electrons. The SMILES string of the molecule is c1ccc(CCN2CCC(NCCc3ccco3)C2)cc1. The first-order valence-electron chi connectivity index (χ1n) is 7.92. The molecule has 3 rings (SSSR count). The fourth-order valence-electron chi connectivity index (χ4n) is 2.99. The number of rotatable bonds is 7. The third kappa shape index (κ3) is 4.45. The van der Waals surface area contributed by atoms with Gasteiger partial charge >= 0.3 is 0 Å². The van der Waals surface area contributed by atoms with E-state index in [9.17, 15) is 0 Å². The van der Waals surface area contributed by atoms with E-state index < -0.39 is 0 Å². The number of nitrogens with one attached hydrogen (secondary N) is 1. The Balaban J connectivity index is 1.33. The van der Waals surface area contributed by atoms with Crippen LogP contribution >= 0.6 is 0 Å². The average Bonchev–Trinajstić information content (AvgIpc) is 3.18. The summed E-state index contributed by atoms with van der Waals surface area (Å²) in [6.07, 6.45) is 5.14. The summed E-state index contributed by atoms with van der Waals surface area (Å²) in [5.41, 5.74) is 1.44. The van der Waals surface area contributed by atoms with Gasteiger partial charge < -0.3 is 14.6 Å². The van der Waals surface area contributed by atoms with Gasteiger partial charge in [0.25, 0.3) is 0 Å². The summed E-state index contributed by atoms with van der Waals surface area (Å²) < 4.78 is 5.36. The predicted octanol–water partition coefficient (Wildman–Crippen LogP) is 2.73. The van der Waals surface area contributed by atoms with Gasteiger partial charge in [-0.25, -0.2) is 0 Å². The third-order valence-corrected chi connectivity index (χ3v) is 4.22. The van der Waals surface area contributed by atoms with Crippen molar-refractivity contribution in [1.29, 1.82) is 0 Å². The van der Waals surface area contributed by atoms with Gasteiger partial charge in [-0.1, -0.05) is 30.3 Å². The lowest BCUT2D eigenvalue weighted by Crippen LogP contribution is -2.34. The van der Waals surface area contributed by atoms with E-state index in [1.165, 1.54) is 31.6 Å². The molecule has 0 aliphatic carbocycles. The second-order valence-corrected chi connectivity index (χ2v) is 5.81. The molecule has 3 heteroatoms. The van der Waals surface area contributed by atoms with E-state index in [1.54, 1.807) is 6.26 Å². The van der Waals surface area contributed by atoms with Crippen molar-refractivity contribution in [3.05, 3.63) is 60.1 Å². The second-order valence-electron chi connectivity index (χ2n) is 5.81. The highest BCUT2D eigenvalue weighted by Crippen LogP contribution is 2.11. The zero-order valence-corrected chi connectivity index (χ0v) is 12.5. The molecule has 0 saturated carbocycles. The summed E-state index contributed by atoms with van der Waals surface area (Å²) in [6.45, 7) is 4.56. The lowest BCUT2D eigenvalue weighted by Gasteiger charge is -2.16. The summed E-state index contributed by atoms with van der Waals surface area (Å²) in [4.78, 5) is 2.57. The molecule has 1 saturated heterocycles. The molecular formula is C18H24N2O. The predicted molar refractivity (Wildman–Crippen MR) is 85.4 cm³/mol. The third-order valence-electron chi connectivity index (χ3n) is 4.22. The number of furan rings is 1. The number of hydrogen-bond donors (Lipinski definition) is 1. The Kier molecular flexibility index (Phi) is 5.08. The lowest BCUT2D eigenvalue weighted by molar-refractivity contribution is 0.331. The highest BCUT2D eigenvalue weighted by Gasteiger charge is 2.21. The van der Waals surface area contributed by atoms with Gasteiger partial charge in [0.2, 0.25) is 0 Å². The molecule has 3 nitrogen and oxygen atoms in total. The van der Waals surface area contributed by atoms with E-state index >= 15 is 0 Å². The first kappa shape index (κ1) is 14.4. The largest absolute Gasteiger partial charge is 0.469 e. The van der Waals surface area contributed by atoms with Crippen LogP contribution in [0.4, 0.5) is 0 Å². The van der Waals surface area contributed by atoms with Crippen LogP contribution in [0.2, 0.25) is 0 Å². The van der Waals surface area contributed by atoms with Gasteiger partial charge in [-0.2, -0.15) is 0 Å². The van der Waals surface area contributed by atoms with Crippen molar-refractivity contribution in [3.63, 3.8) is 0 Å². The normalized spacial score (nSPS) is 19.1. The van der Waals surface area contributed by atoms with Crippen LogP contribution in [0.3, 0.4) is 0 Å². The van der Waals surface area contributed by atoms with Crippen molar-refractivity contribution in [2.75, 3.05) is 26.2 Å². The first-order chi connectivity index (χ1) is 10.4. The van der Waals surface area contributed by atoms with Gasteiger partial charge in [-0.15, -0.1) is 0 Å². The zero-order chi connectivity index (χ0) is 14.3. The molecule has 21 heavy (non-hydrogen) atoms. The summed E-state index contributed by atoms with van der Waals surface area (Å²) in [6, 6.07) is 15.4. The quantitative estimate of drug-likeness (QED) is 0.847. The smallest absolute Gasteiger partial charge is 0.105 e. The van der Waals surface area contributed by atoms with Crippen molar-refractivity contribution in [2.45, 2.75) is 25.3 Å². The summed E-state index contributed by atoms with van der Waals surface area (Å²) >= 11 is 0. The Morgan fingerprint density at radius 1 is 1.10 bits per heavy atom. The van der Waals surface area contributed by atoms with Crippen LogP contribution in [0.15, 0.2) is 53.1 Å². The molecule has 0 radical (unpaired) electrons. The van der Waals surface area contributed by atoms with E-state index in [4.69, 9.17) is 4.42 Å². The van der Waals surface area contributed by atoms with Crippen LogP contribution < -0.4 is 5.32 Å². The minimum Gasteiger partial charge on any atom is -0.469 e. The maximum atomic E-state index is 5.36. The fraction of sp³-hybridized carbons (Fsp3) is 0.444. The molecule has 2 heterocycles. The molecule has 1 N–H and O–H groups in total. The molecule has 1 atom stereocenters. The Morgan fingerprint density at radius 3 is 2.81 bits per heavy atom. The van der Waals surface area contributed by atoms with Crippen molar-refractivity contribution >= 4 is 0 Å². The molecule has 1 fully saturated rings. The highest BCUT2D eigenvalue weighted by atomic mass is 16.3. The van der Waals surface area contributed by atoms with Crippen molar-refractivity contribution in [3.8, 4) is 0 Å². The first-order valence-corrected chi connectivity index (χ1v) is 7.92. The van der Waals surface area contributed by atoms with E-state index in [2.05, 4.69) is 40.5 Å². The average molecular weight is 284 g/mol. The van der Waals surface area contributed by atoms with E-state index in [0.717, 1.165) is 25.1 Å². The van der Waals surface area contributed by atoms with Gasteiger partial charge in [-0.05, 0) is 37.1 Å². The molecule has 0 spiro atoms. The van der Waals surface area contributed by atoms with Gasteiger partial charge in [0.1, 0.15) is 5.76 Å². The van der Waals surface area contributed by atoms with Crippen molar-refractivity contribution in [1.82, 2.24) is 10.2 Å². The molecular weight excluding hydrogens is 260 g/mol. The molecule has 1 unspecified atom stereocenters.